The highest BCUT2D eigenvalue weighted by Crippen LogP contribution is 2.22. The Balaban J connectivity index is 2.23. The van der Waals surface area contributed by atoms with Crippen molar-refractivity contribution in [2.45, 2.75) is 6.92 Å². The molecular formula is C11H9ClN2O2S. The highest BCUT2D eigenvalue weighted by Gasteiger charge is 2.12. The second kappa shape index (κ2) is 5.25. The standard InChI is InChI=1S/C11H9ClN2O2S/c1-2-16-11(15)9-5-8(14-17-9)7-3-4-10(12)13-6-7/h3-6H,2H2,1H3. The van der Waals surface area contributed by atoms with Gasteiger partial charge in [-0.1, -0.05) is 11.6 Å². The van der Waals surface area contributed by atoms with Crippen LogP contribution in [-0.4, -0.2) is 21.9 Å². The molecule has 2 rings (SSSR count). The molecule has 0 aromatic carbocycles. The van der Waals surface area contributed by atoms with Crippen LogP contribution in [0.15, 0.2) is 24.4 Å². The number of ether oxygens (including phenoxy) is 1. The third-order valence-electron chi connectivity index (χ3n) is 2.01. The zero-order chi connectivity index (χ0) is 12.3. The Morgan fingerprint density at radius 2 is 2.35 bits per heavy atom. The van der Waals surface area contributed by atoms with E-state index in [1.165, 1.54) is 0 Å². The zero-order valence-electron chi connectivity index (χ0n) is 9.01. The molecule has 0 amide bonds. The van der Waals surface area contributed by atoms with E-state index in [0.29, 0.717) is 22.3 Å². The third-order valence-corrected chi connectivity index (χ3v) is 3.00. The van der Waals surface area contributed by atoms with E-state index in [4.69, 9.17) is 16.3 Å². The van der Waals surface area contributed by atoms with Crippen molar-refractivity contribution in [1.29, 1.82) is 0 Å². The van der Waals surface area contributed by atoms with E-state index >= 15 is 0 Å². The molecule has 4 nitrogen and oxygen atoms in total. The Morgan fingerprint density at radius 1 is 1.53 bits per heavy atom. The van der Waals surface area contributed by atoms with Crippen LogP contribution in [0.25, 0.3) is 11.3 Å². The van der Waals surface area contributed by atoms with E-state index in [9.17, 15) is 4.79 Å². The van der Waals surface area contributed by atoms with Crippen LogP contribution in [0.2, 0.25) is 5.15 Å². The van der Waals surface area contributed by atoms with Crippen LogP contribution in [0.1, 0.15) is 16.6 Å². The summed E-state index contributed by atoms with van der Waals surface area (Å²) in [6.07, 6.45) is 1.62. The van der Waals surface area contributed by atoms with Crippen LogP contribution >= 0.6 is 23.1 Å². The molecule has 88 valence electrons. The van der Waals surface area contributed by atoms with E-state index in [-0.39, 0.29) is 5.97 Å². The normalized spacial score (nSPS) is 10.2. The van der Waals surface area contributed by atoms with Gasteiger partial charge in [0.25, 0.3) is 0 Å². The molecule has 0 aliphatic carbocycles. The minimum atomic E-state index is -0.349. The first-order valence-electron chi connectivity index (χ1n) is 4.96. The SMILES string of the molecule is CCOC(=O)c1cc(-c2ccc(Cl)nc2)ns1. The molecule has 0 spiro atoms. The van der Waals surface area contributed by atoms with Gasteiger partial charge in [0.05, 0.1) is 12.3 Å². The number of aromatic nitrogens is 2. The maximum atomic E-state index is 11.5. The lowest BCUT2D eigenvalue weighted by molar-refractivity contribution is 0.0532. The molecule has 17 heavy (non-hydrogen) atoms. The van der Waals surface area contributed by atoms with E-state index < -0.39 is 0 Å². The van der Waals surface area contributed by atoms with Crippen molar-refractivity contribution >= 4 is 29.1 Å². The van der Waals surface area contributed by atoms with Gasteiger partial charge in [0.2, 0.25) is 0 Å². The van der Waals surface area contributed by atoms with Crippen molar-refractivity contribution in [3.63, 3.8) is 0 Å². The predicted molar refractivity (Wildman–Crippen MR) is 66.3 cm³/mol. The van der Waals surface area contributed by atoms with Gasteiger partial charge in [-0.3, -0.25) is 0 Å². The van der Waals surface area contributed by atoms with Gasteiger partial charge in [0, 0.05) is 11.8 Å². The van der Waals surface area contributed by atoms with Crippen molar-refractivity contribution < 1.29 is 9.53 Å². The van der Waals surface area contributed by atoms with Crippen LogP contribution < -0.4 is 0 Å². The van der Waals surface area contributed by atoms with Crippen LogP contribution in [-0.2, 0) is 4.74 Å². The summed E-state index contributed by atoms with van der Waals surface area (Å²) in [6, 6.07) is 5.17. The van der Waals surface area contributed by atoms with Crippen molar-refractivity contribution in [1.82, 2.24) is 9.36 Å². The van der Waals surface area contributed by atoms with E-state index in [2.05, 4.69) is 9.36 Å². The largest absolute Gasteiger partial charge is 0.462 e. The molecule has 0 atom stereocenters. The number of carbonyl (C=O) groups is 1. The molecule has 0 saturated heterocycles. The lowest BCUT2D eigenvalue weighted by Gasteiger charge is -1.96. The minimum Gasteiger partial charge on any atom is -0.462 e. The first-order chi connectivity index (χ1) is 8.20. The van der Waals surface area contributed by atoms with E-state index in [1.54, 1.807) is 31.3 Å². The van der Waals surface area contributed by atoms with Gasteiger partial charge in [0.15, 0.2) is 0 Å². The molecule has 0 radical (unpaired) electrons. The molecule has 0 bridgehead atoms. The first-order valence-corrected chi connectivity index (χ1v) is 6.11. The molecule has 0 fully saturated rings. The highest BCUT2D eigenvalue weighted by atomic mass is 35.5. The fraction of sp³-hybridized carbons (Fsp3) is 0.182. The number of hydrogen-bond donors (Lipinski definition) is 0. The van der Waals surface area contributed by atoms with Crippen LogP contribution in [0.5, 0.6) is 0 Å². The molecule has 0 aliphatic rings. The quantitative estimate of drug-likeness (QED) is 0.634. The summed E-state index contributed by atoms with van der Waals surface area (Å²) in [6.45, 7) is 2.12. The first kappa shape index (κ1) is 12.0. The van der Waals surface area contributed by atoms with Crippen molar-refractivity contribution in [3.05, 3.63) is 34.4 Å². The van der Waals surface area contributed by atoms with Crippen LogP contribution in [0.4, 0.5) is 0 Å². The van der Waals surface area contributed by atoms with E-state index in [0.717, 1.165) is 17.1 Å². The van der Waals surface area contributed by atoms with Gasteiger partial charge < -0.3 is 4.74 Å². The predicted octanol–water partition coefficient (Wildman–Crippen LogP) is 3.04. The summed E-state index contributed by atoms with van der Waals surface area (Å²) in [4.78, 5) is 15.9. The molecule has 2 aromatic rings. The van der Waals surface area contributed by atoms with Gasteiger partial charge >= 0.3 is 5.97 Å². The Labute approximate surface area is 107 Å². The van der Waals surface area contributed by atoms with Crippen molar-refractivity contribution in [3.8, 4) is 11.3 Å². The zero-order valence-corrected chi connectivity index (χ0v) is 10.6. The second-order valence-corrected chi connectivity index (χ2v) is 4.36. The lowest BCUT2D eigenvalue weighted by Crippen LogP contribution is -2.01. The summed E-state index contributed by atoms with van der Waals surface area (Å²) in [5.74, 6) is -0.349. The lowest BCUT2D eigenvalue weighted by atomic mass is 10.2. The van der Waals surface area contributed by atoms with Gasteiger partial charge in [-0.25, -0.2) is 9.78 Å². The smallest absolute Gasteiger partial charge is 0.349 e. The third kappa shape index (κ3) is 2.81. The summed E-state index contributed by atoms with van der Waals surface area (Å²) < 4.78 is 9.07. The van der Waals surface area contributed by atoms with E-state index in [1.807, 2.05) is 0 Å². The Bertz CT molecular complexity index is 525. The van der Waals surface area contributed by atoms with Crippen LogP contribution in [0, 0.1) is 0 Å². The fourth-order valence-corrected chi connectivity index (χ4v) is 2.00. The molecule has 0 N–H and O–H groups in total. The molecular weight excluding hydrogens is 260 g/mol. The fourth-order valence-electron chi connectivity index (χ4n) is 1.24. The maximum absolute atomic E-state index is 11.5. The van der Waals surface area contributed by atoms with Gasteiger partial charge in [0.1, 0.15) is 10.0 Å². The second-order valence-electron chi connectivity index (χ2n) is 3.17. The Morgan fingerprint density at radius 3 is 3.00 bits per heavy atom. The minimum absolute atomic E-state index is 0.349. The summed E-state index contributed by atoms with van der Waals surface area (Å²) in [7, 11) is 0. The molecule has 0 unspecified atom stereocenters. The van der Waals surface area contributed by atoms with Gasteiger partial charge in [-0.05, 0) is 36.7 Å². The number of rotatable bonds is 3. The van der Waals surface area contributed by atoms with Gasteiger partial charge in [-0.2, -0.15) is 4.37 Å². The summed E-state index contributed by atoms with van der Waals surface area (Å²) >= 11 is 6.80. The Hall–Kier alpha value is -1.46. The number of halogens is 1. The van der Waals surface area contributed by atoms with Crippen molar-refractivity contribution in [2.24, 2.45) is 0 Å². The number of nitrogens with zero attached hydrogens (tertiary/aromatic N) is 2. The monoisotopic (exact) mass is 268 g/mol. The molecule has 2 heterocycles. The molecule has 0 aliphatic heterocycles. The number of pyridine rings is 1. The van der Waals surface area contributed by atoms with Crippen molar-refractivity contribution in [2.75, 3.05) is 6.61 Å². The number of esters is 1. The summed E-state index contributed by atoms with van der Waals surface area (Å²) in [5, 5.41) is 0.426. The van der Waals surface area contributed by atoms with Crippen LogP contribution in [0.3, 0.4) is 0 Å². The highest BCUT2D eigenvalue weighted by molar-refractivity contribution is 7.08. The number of carbonyl (C=O) groups excluding carboxylic acids is 1. The average molecular weight is 269 g/mol. The average Bonchev–Trinajstić information content (AvgIpc) is 2.80. The van der Waals surface area contributed by atoms with Gasteiger partial charge in [-0.15, -0.1) is 0 Å². The number of hydrogen-bond acceptors (Lipinski definition) is 5. The molecule has 0 saturated carbocycles. The Kier molecular flexibility index (Phi) is 3.71. The molecule has 2 aromatic heterocycles. The summed E-state index contributed by atoms with van der Waals surface area (Å²) in [5.41, 5.74) is 1.52. The maximum Gasteiger partial charge on any atom is 0.349 e. The topological polar surface area (TPSA) is 52.1 Å². The molecule has 6 heteroatoms.